The Morgan fingerprint density at radius 3 is 2.29 bits per heavy atom. The van der Waals surface area contributed by atoms with Gasteiger partial charge in [0.2, 0.25) is 5.91 Å². The average molecular weight is 627 g/mol. The lowest BCUT2D eigenvalue weighted by atomic mass is 10.0. The number of aromatic nitrogens is 2. The average Bonchev–Trinajstić information content (AvgIpc) is 3.05. The standard InChI is InChI=1S/C33H31ClN6O5/c34-29-11-9-25(21-36-29)33(45)38-27-18-23(32(44)37-26(19-31(42)43)24-7-4-12-35-20-24)8-10-28(27)39-13-15-40(16-14-39)30(41)17-22-5-2-1-3-6-22/h1-12,18,20-21,26H,13-17,19H2,(H,37,44)(H,38,45)(H,42,43). The highest BCUT2D eigenvalue weighted by atomic mass is 35.5. The van der Waals surface area contributed by atoms with Gasteiger partial charge in [-0.2, -0.15) is 0 Å². The molecule has 2 aromatic heterocycles. The van der Waals surface area contributed by atoms with Gasteiger partial charge in [-0.05, 0) is 47.5 Å². The molecule has 3 amide bonds. The summed E-state index contributed by atoms with van der Waals surface area (Å²) in [5.41, 5.74) is 3.05. The fourth-order valence-electron chi connectivity index (χ4n) is 5.09. The molecule has 1 aliphatic heterocycles. The van der Waals surface area contributed by atoms with Gasteiger partial charge in [-0.25, -0.2) is 4.98 Å². The van der Waals surface area contributed by atoms with Crippen molar-refractivity contribution in [3.05, 3.63) is 119 Å². The zero-order valence-electron chi connectivity index (χ0n) is 24.2. The number of carbonyl (C=O) groups is 4. The summed E-state index contributed by atoms with van der Waals surface area (Å²) in [6.07, 6.45) is 4.41. The van der Waals surface area contributed by atoms with Crippen LogP contribution >= 0.6 is 11.6 Å². The number of hydrogen-bond donors (Lipinski definition) is 3. The van der Waals surface area contributed by atoms with Crippen molar-refractivity contribution in [1.82, 2.24) is 20.2 Å². The van der Waals surface area contributed by atoms with Crippen molar-refractivity contribution in [2.75, 3.05) is 36.4 Å². The number of pyridine rings is 2. The van der Waals surface area contributed by atoms with Gasteiger partial charge in [0.15, 0.2) is 0 Å². The number of halogens is 1. The van der Waals surface area contributed by atoms with Crippen LogP contribution in [0.4, 0.5) is 11.4 Å². The summed E-state index contributed by atoms with van der Waals surface area (Å²) in [5.74, 6) is -2.00. The number of amides is 3. The van der Waals surface area contributed by atoms with Crippen LogP contribution in [0.1, 0.15) is 44.3 Å². The Labute approximate surface area is 264 Å². The third-order valence-electron chi connectivity index (χ3n) is 7.44. The fraction of sp³-hybridized carbons (Fsp3) is 0.212. The number of piperazine rings is 1. The Bertz CT molecular complexity index is 1660. The van der Waals surface area contributed by atoms with Crippen molar-refractivity contribution < 1.29 is 24.3 Å². The van der Waals surface area contributed by atoms with E-state index in [-0.39, 0.29) is 28.6 Å². The molecule has 4 aromatic rings. The third kappa shape index (κ3) is 8.21. The first kappa shape index (κ1) is 31.1. The molecule has 5 rings (SSSR count). The Morgan fingerprint density at radius 1 is 0.867 bits per heavy atom. The first-order chi connectivity index (χ1) is 21.8. The molecule has 0 saturated carbocycles. The zero-order chi connectivity index (χ0) is 31.8. The number of benzene rings is 2. The van der Waals surface area contributed by atoms with E-state index in [0.717, 1.165) is 5.56 Å². The minimum Gasteiger partial charge on any atom is -0.481 e. The molecule has 1 unspecified atom stereocenters. The summed E-state index contributed by atoms with van der Waals surface area (Å²) in [5, 5.41) is 15.4. The molecule has 12 heteroatoms. The second-order valence-corrected chi connectivity index (χ2v) is 10.9. The number of aliphatic carboxylic acids is 1. The highest BCUT2D eigenvalue weighted by Gasteiger charge is 2.25. The van der Waals surface area contributed by atoms with E-state index in [1.54, 1.807) is 42.6 Å². The number of anilines is 2. The number of nitrogens with one attached hydrogen (secondary N) is 2. The molecule has 1 fully saturated rings. The Kier molecular flexibility index (Phi) is 10.0. The Hall–Kier alpha value is -5.29. The van der Waals surface area contributed by atoms with Gasteiger partial charge in [-0.3, -0.25) is 24.2 Å². The molecular weight excluding hydrogens is 596 g/mol. The summed E-state index contributed by atoms with van der Waals surface area (Å²) in [6.45, 7) is 2.01. The Morgan fingerprint density at radius 2 is 1.62 bits per heavy atom. The molecule has 45 heavy (non-hydrogen) atoms. The van der Waals surface area contributed by atoms with Crippen molar-refractivity contribution in [1.29, 1.82) is 0 Å². The smallest absolute Gasteiger partial charge is 0.305 e. The number of carboxylic acids is 1. The lowest BCUT2D eigenvalue weighted by Crippen LogP contribution is -2.49. The molecule has 1 saturated heterocycles. The third-order valence-corrected chi connectivity index (χ3v) is 7.66. The minimum atomic E-state index is -1.08. The van der Waals surface area contributed by atoms with Crippen LogP contribution in [0, 0.1) is 0 Å². The van der Waals surface area contributed by atoms with Crippen molar-refractivity contribution in [3.8, 4) is 0 Å². The summed E-state index contributed by atoms with van der Waals surface area (Å²) in [4.78, 5) is 63.0. The molecule has 1 aliphatic rings. The number of rotatable bonds is 10. The van der Waals surface area contributed by atoms with E-state index in [2.05, 4.69) is 20.6 Å². The van der Waals surface area contributed by atoms with Gasteiger partial charge < -0.3 is 25.5 Å². The van der Waals surface area contributed by atoms with Gasteiger partial charge >= 0.3 is 5.97 Å². The molecule has 0 radical (unpaired) electrons. The lowest BCUT2D eigenvalue weighted by molar-refractivity contribution is -0.137. The van der Waals surface area contributed by atoms with Crippen molar-refractivity contribution in [2.24, 2.45) is 0 Å². The molecule has 0 spiro atoms. The fourth-order valence-corrected chi connectivity index (χ4v) is 5.20. The van der Waals surface area contributed by atoms with E-state index >= 15 is 0 Å². The predicted octanol–water partition coefficient (Wildman–Crippen LogP) is 4.22. The molecule has 11 nitrogen and oxygen atoms in total. The van der Waals surface area contributed by atoms with Crippen LogP contribution in [0.2, 0.25) is 5.15 Å². The van der Waals surface area contributed by atoms with Gasteiger partial charge in [0.1, 0.15) is 5.15 Å². The second kappa shape index (κ2) is 14.5. The summed E-state index contributed by atoms with van der Waals surface area (Å²) < 4.78 is 0. The van der Waals surface area contributed by atoms with E-state index in [1.165, 1.54) is 18.5 Å². The maximum Gasteiger partial charge on any atom is 0.305 e. The largest absolute Gasteiger partial charge is 0.481 e. The molecule has 2 aromatic carbocycles. The van der Waals surface area contributed by atoms with E-state index in [1.807, 2.05) is 40.1 Å². The maximum atomic E-state index is 13.4. The predicted molar refractivity (Wildman–Crippen MR) is 169 cm³/mol. The van der Waals surface area contributed by atoms with E-state index < -0.39 is 23.8 Å². The van der Waals surface area contributed by atoms with Crippen LogP contribution in [0.15, 0.2) is 91.4 Å². The van der Waals surface area contributed by atoms with Crippen molar-refractivity contribution >= 4 is 46.7 Å². The van der Waals surface area contributed by atoms with E-state index in [4.69, 9.17) is 11.6 Å². The van der Waals surface area contributed by atoms with Gasteiger partial charge in [-0.1, -0.05) is 48.0 Å². The van der Waals surface area contributed by atoms with E-state index in [9.17, 15) is 24.3 Å². The highest BCUT2D eigenvalue weighted by Crippen LogP contribution is 2.30. The van der Waals surface area contributed by atoms with Crippen molar-refractivity contribution in [3.63, 3.8) is 0 Å². The lowest BCUT2D eigenvalue weighted by Gasteiger charge is -2.37. The molecule has 1 atom stereocenters. The SMILES string of the molecule is O=C(O)CC(NC(=O)c1ccc(N2CCN(C(=O)Cc3ccccc3)CC2)c(NC(=O)c2ccc(Cl)nc2)c1)c1cccnc1. The van der Waals surface area contributed by atoms with E-state index in [0.29, 0.717) is 49.5 Å². The number of hydrogen-bond acceptors (Lipinski definition) is 7. The molecule has 0 bridgehead atoms. The highest BCUT2D eigenvalue weighted by molar-refractivity contribution is 6.29. The van der Waals surface area contributed by atoms with Crippen LogP contribution in [0.5, 0.6) is 0 Å². The maximum absolute atomic E-state index is 13.4. The molecule has 0 aliphatic carbocycles. The summed E-state index contributed by atoms with van der Waals surface area (Å²) >= 11 is 5.89. The first-order valence-electron chi connectivity index (χ1n) is 14.3. The number of carboxylic acid groups (broad SMARTS) is 1. The molecular formula is C33H31ClN6O5. The molecule has 3 N–H and O–H groups in total. The van der Waals surface area contributed by atoms with Gasteiger partial charge in [0, 0.05) is 50.3 Å². The zero-order valence-corrected chi connectivity index (χ0v) is 25.0. The van der Waals surface area contributed by atoms with Crippen LogP contribution in [-0.2, 0) is 16.0 Å². The second-order valence-electron chi connectivity index (χ2n) is 10.5. The topological polar surface area (TPSA) is 145 Å². The number of carbonyl (C=O) groups excluding carboxylic acids is 3. The van der Waals surface area contributed by atoms with Gasteiger partial charge in [0.05, 0.1) is 35.8 Å². The molecule has 230 valence electrons. The Balaban J connectivity index is 1.36. The summed E-state index contributed by atoms with van der Waals surface area (Å²) in [7, 11) is 0. The first-order valence-corrected chi connectivity index (χ1v) is 14.7. The minimum absolute atomic E-state index is 0.0427. The monoisotopic (exact) mass is 626 g/mol. The molecule has 3 heterocycles. The van der Waals surface area contributed by atoms with Crippen LogP contribution < -0.4 is 15.5 Å². The number of nitrogens with zero attached hydrogens (tertiary/aromatic N) is 4. The quantitative estimate of drug-likeness (QED) is 0.222. The van der Waals surface area contributed by atoms with Gasteiger partial charge in [0.25, 0.3) is 11.8 Å². The normalized spacial score (nSPS) is 13.5. The van der Waals surface area contributed by atoms with Crippen LogP contribution in [0.3, 0.4) is 0 Å². The van der Waals surface area contributed by atoms with Crippen LogP contribution in [0.25, 0.3) is 0 Å². The van der Waals surface area contributed by atoms with Gasteiger partial charge in [-0.15, -0.1) is 0 Å². The van der Waals surface area contributed by atoms with Crippen molar-refractivity contribution in [2.45, 2.75) is 18.9 Å². The van der Waals surface area contributed by atoms with Crippen LogP contribution in [-0.4, -0.2) is 69.8 Å². The summed E-state index contributed by atoms with van der Waals surface area (Å²) in [6, 6.07) is 20.1.